The Hall–Kier alpha value is -0.00130. The van der Waals surface area contributed by atoms with Gasteiger partial charge in [-0.3, -0.25) is 0 Å². The van der Waals surface area contributed by atoms with Gasteiger partial charge in [-0.15, -0.1) is 0 Å². The maximum atomic E-state index is 6.88. The van der Waals surface area contributed by atoms with Crippen LogP contribution < -0.4 is 8.32 Å². The molecule has 3 nitrogen and oxygen atoms in total. The minimum absolute atomic E-state index is 0.117. The van der Waals surface area contributed by atoms with Gasteiger partial charge in [0, 0.05) is 0 Å². The molecule has 0 aliphatic carbocycles. The predicted octanol–water partition coefficient (Wildman–Crippen LogP) is 5.57. The molecule has 1 saturated heterocycles. The summed E-state index contributed by atoms with van der Waals surface area (Å²) in [6.07, 6.45) is 9.82. The third kappa shape index (κ3) is 5.74. The first-order valence-electron chi connectivity index (χ1n) is 10.1. The van der Waals surface area contributed by atoms with Gasteiger partial charge in [0.05, 0.1) is 0 Å². The van der Waals surface area contributed by atoms with E-state index in [2.05, 4.69) is 31.8 Å². The van der Waals surface area contributed by atoms with Crippen molar-refractivity contribution in [3.05, 3.63) is 17.3 Å². The summed E-state index contributed by atoms with van der Waals surface area (Å²) in [5.41, 5.74) is 0. The Morgan fingerprint density at radius 3 is 2.08 bits per heavy atom. The van der Waals surface area contributed by atoms with Gasteiger partial charge in [0.15, 0.2) is 0 Å². The third-order valence-corrected chi connectivity index (χ3v) is 21.8. The summed E-state index contributed by atoms with van der Waals surface area (Å²) in [6.45, 7) is 8.21. The van der Waals surface area contributed by atoms with Crippen LogP contribution in [0.1, 0.15) is 59.3 Å². The van der Waals surface area contributed by atoms with Gasteiger partial charge in [-0.1, -0.05) is 0 Å². The van der Waals surface area contributed by atoms with Gasteiger partial charge in [-0.25, -0.2) is 0 Å². The first kappa shape index (κ1) is 21.3. The monoisotopic (exact) mass is 475 g/mol. The zero-order chi connectivity index (χ0) is 18.1. The Labute approximate surface area is 162 Å². The Morgan fingerprint density at radius 2 is 1.64 bits per heavy atom. The second-order valence-electron chi connectivity index (χ2n) is 7.35. The molecule has 1 aliphatic rings. The number of hydrogen-bond donors (Lipinski definition) is 0. The summed E-state index contributed by atoms with van der Waals surface area (Å²) < 4.78 is 16.9. The molecule has 1 aliphatic heterocycles. The van der Waals surface area contributed by atoms with Gasteiger partial charge in [0.25, 0.3) is 0 Å². The zero-order valence-corrected chi connectivity index (χ0v) is 19.8. The molecule has 2 rings (SSSR count). The summed E-state index contributed by atoms with van der Waals surface area (Å²) in [6, 6.07) is 2.23. The molecule has 0 atom stereocenters. The molecule has 0 spiro atoms. The van der Waals surface area contributed by atoms with E-state index in [1.165, 1.54) is 55.4 Å². The fraction of sp³-hybridized carbons (Fsp3) is 0.750. The van der Waals surface area contributed by atoms with Crippen LogP contribution in [0.3, 0.4) is 0 Å². The quantitative estimate of drug-likeness (QED) is 0.371. The molecule has 0 N–H and O–H groups in total. The molecule has 25 heavy (non-hydrogen) atoms. The van der Waals surface area contributed by atoms with E-state index in [1.807, 2.05) is 6.20 Å². The molecule has 2 heterocycles. The van der Waals surface area contributed by atoms with Gasteiger partial charge in [0.1, 0.15) is 0 Å². The molecule has 0 radical (unpaired) electrons. The molecule has 1 fully saturated rings. The molecule has 0 amide bonds. The van der Waals surface area contributed by atoms with Gasteiger partial charge in [0.2, 0.25) is 0 Å². The van der Waals surface area contributed by atoms with Crippen LogP contribution in [0.4, 0.5) is 0 Å². The summed E-state index contributed by atoms with van der Waals surface area (Å²) in [4.78, 5) is 4.44. The van der Waals surface area contributed by atoms with Crippen LogP contribution >= 0.6 is 11.6 Å². The second-order valence-corrected chi connectivity index (χ2v) is 20.9. The molecule has 1 aromatic rings. The standard InChI is InChI=1S/C8H7ClNO2.3C4H9.Sn/c9-7-2-1-3-10-8(7)12-6-4-11-5-6;3*1-3-4-2;/h1,3,6H,4-5H2;3*1,3-4H2,2H3;. The van der Waals surface area contributed by atoms with Gasteiger partial charge < -0.3 is 0 Å². The molecule has 5 heteroatoms. The summed E-state index contributed by atoms with van der Waals surface area (Å²) in [5.74, 6) is 0.637. The van der Waals surface area contributed by atoms with Crippen LogP contribution in [0.25, 0.3) is 0 Å². The Morgan fingerprint density at radius 1 is 1.08 bits per heavy atom. The summed E-state index contributed by atoms with van der Waals surface area (Å²) in [7, 11) is 0. The van der Waals surface area contributed by atoms with Crippen molar-refractivity contribution in [2.45, 2.75) is 78.7 Å². The number of halogens is 1. The number of aromatic nitrogens is 1. The first-order valence-corrected chi connectivity index (χ1v) is 17.9. The first-order chi connectivity index (χ1) is 12.2. The van der Waals surface area contributed by atoms with E-state index in [1.54, 1.807) is 0 Å². The SMILES string of the molecule is CCC[CH2][Sn]([CH2]CCC)([CH2]CCC)[c]1ccnc(OC2COC2)c1Cl. The van der Waals surface area contributed by atoms with E-state index >= 15 is 0 Å². The third-order valence-electron chi connectivity index (χ3n) is 5.34. The molecule has 0 unspecified atom stereocenters. The van der Waals surface area contributed by atoms with E-state index in [0.29, 0.717) is 19.1 Å². The van der Waals surface area contributed by atoms with Crippen LogP contribution in [0.5, 0.6) is 5.88 Å². The topological polar surface area (TPSA) is 31.4 Å². The zero-order valence-electron chi connectivity index (χ0n) is 16.2. The fourth-order valence-corrected chi connectivity index (χ4v) is 21.3. The second kappa shape index (κ2) is 11.0. The van der Waals surface area contributed by atoms with Gasteiger partial charge >= 0.3 is 163 Å². The Kier molecular flexibility index (Phi) is 9.36. The maximum absolute atomic E-state index is 6.88. The number of nitrogens with zero attached hydrogens (tertiary/aromatic N) is 1. The van der Waals surface area contributed by atoms with E-state index in [-0.39, 0.29) is 6.10 Å². The molecule has 1 aromatic heterocycles. The van der Waals surface area contributed by atoms with Crippen molar-refractivity contribution in [3.8, 4) is 5.88 Å². The normalized spacial score (nSPS) is 15.2. The number of hydrogen-bond acceptors (Lipinski definition) is 3. The number of unbranched alkanes of at least 4 members (excludes halogenated alkanes) is 3. The summed E-state index contributed by atoms with van der Waals surface area (Å²) >= 11 is 4.33. The Bertz CT molecular complexity index is 501. The van der Waals surface area contributed by atoms with Crippen LogP contribution in [-0.4, -0.2) is 42.7 Å². The molecule has 0 saturated carbocycles. The van der Waals surface area contributed by atoms with Crippen molar-refractivity contribution >= 4 is 33.6 Å². The van der Waals surface area contributed by atoms with E-state index in [0.717, 1.165) is 5.02 Å². The summed E-state index contributed by atoms with van der Waals surface area (Å²) in [5, 5.41) is 0.813. The average Bonchev–Trinajstić information content (AvgIpc) is 2.59. The predicted molar refractivity (Wildman–Crippen MR) is 109 cm³/mol. The van der Waals surface area contributed by atoms with Crippen molar-refractivity contribution in [2.75, 3.05) is 13.2 Å². The number of pyridine rings is 1. The number of rotatable bonds is 12. The molecule has 142 valence electrons. The van der Waals surface area contributed by atoms with Crippen molar-refractivity contribution in [3.63, 3.8) is 0 Å². The minimum atomic E-state index is -2.55. The van der Waals surface area contributed by atoms with Crippen molar-refractivity contribution < 1.29 is 9.47 Å². The molecule has 0 aromatic carbocycles. The molecular weight excluding hydrogens is 440 g/mol. The van der Waals surface area contributed by atoms with Crippen LogP contribution in [0, 0.1) is 0 Å². The fourth-order valence-electron chi connectivity index (χ4n) is 3.68. The van der Waals surface area contributed by atoms with Crippen LogP contribution in [0.2, 0.25) is 18.3 Å². The molecule has 0 bridgehead atoms. The van der Waals surface area contributed by atoms with Crippen molar-refractivity contribution in [1.29, 1.82) is 0 Å². The number of ether oxygens (including phenoxy) is 2. The van der Waals surface area contributed by atoms with E-state index < -0.39 is 18.4 Å². The average molecular weight is 475 g/mol. The molecular formula is C20H34ClNO2Sn. The van der Waals surface area contributed by atoms with Crippen molar-refractivity contribution in [1.82, 2.24) is 4.98 Å². The Balaban J connectivity index is 2.33. The van der Waals surface area contributed by atoms with Crippen molar-refractivity contribution in [2.24, 2.45) is 0 Å². The van der Waals surface area contributed by atoms with E-state index in [9.17, 15) is 0 Å². The van der Waals surface area contributed by atoms with E-state index in [4.69, 9.17) is 21.1 Å². The van der Waals surface area contributed by atoms with Crippen LogP contribution in [0.15, 0.2) is 12.3 Å². The van der Waals surface area contributed by atoms with Gasteiger partial charge in [-0.2, -0.15) is 0 Å². The van der Waals surface area contributed by atoms with Gasteiger partial charge in [-0.05, 0) is 0 Å². The van der Waals surface area contributed by atoms with Crippen LogP contribution in [-0.2, 0) is 4.74 Å².